The predicted molar refractivity (Wildman–Crippen MR) is 82.1 cm³/mol. The van der Waals surface area contributed by atoms with Crippen LogP contribution in [0.5, 0.6) is 0 Å². The average molecular weight is 312 g/mol. The molecule has 0 aromatic heterocycles. The molecule has 1 fully saturated rings. The summed E-state index contributed by atoms with van der Waals surface area (Å²) in [7, 11) is 0. The number of nitrogens with zero attached hydrogens (tertiary/aromatic N) is 2. The van der Waals surface area contributed by atoms with Crippen LogP contribution in [0.25, 0.3) is 0 Å². The lowest BCUT2D eigenvalue weighted by Crippen LogP contribution is -2.37. The first-order chi connectivity index (χ1) is 8.65. The zero-order valence-corrected chi connectivity index (χ0v) is 12.8. The van der Waals surface area contributed by atoms with E-state index in [1.165, 1.54) is 12.1 Å². The van der Waals surface area contributed by atoms with Gasteiger partial charge in [-0.1, -0.05) is 29.8 Å². The molecule has 1 atom stereocenters. The highest BCUT2D eigenvalue weighted by atomic mass is 79.9. The number of likely N-dealkylation sites (N-methyl/N-ethyl adjacent to an activating group) is 1. The van der Waals surface area contributed by atoms with Crippen molar-refractivity contribution in [2.24, 2.45) is 0 Å². The van der Waals surface area contributed by atoms with Crippen molar-refractivity contribution in [3.05, 3.63) is 22.7 Å². The fraction of sp³-hybridized carbons (Fsp3) is 0.571. The van der Waals surface area contributed by atoms with Crippen LogP contribution in [0.1, 0.15) is 20.3 Å². The second kappa shape index (κ2) is 5.93. The molecule has 1 saturated heterocycles. The fourth-order valence-corrected chi connectivity index (χ4v) is 3.19. The van der Waals surface area contributed by atoms with Crippen molar-refractivity contribution in [2.45, 2.75) is 26.3 Å². The third kappa shape index (κ3) is 2.81. The van der Waals surface area contributed by atoms with Gasteiger partial charge >= 0.3 is 0 Å². The van der Waals surface area contributed by atoms with Gasteiger partial charge in [0.25, 0.3) is 0 Å². The van der Waals surface area contributed by atoms with Gasteiger partial charge in [-0.25, -0.2) is 0 Å². The summed E-state index contributed by atoms with van der Waals surface area (Å²) < 4.78 is 1.04. The second-order valence-corrected chi connectivity index (χ2v) is 5.73. The number of halogens is 1. The minimum atomic E-state index is 0.669. The van der Waals surface area contributed by atoms with E-state index in [0.29, 0.717) is 6.04 Å². The molecule has 18 heavy (non-hydrogen) atoms. The summed E-state index contributed by atoms with van der Waals surface area (Å²) in [5.74, 6) is 0. The monoisotopic (exact) mass is 311 g/mol. The van der Waals surface area contributed by atoms with Crippen LogP contribution in [0.2, 0.25) is 0 Å². The second-order valence-electron chi connectivity index (χ2n) is 4.81. The first-order valence-electron chi connectivity index (χ1n) is 6.69. The molecule has 1 aliphatic rings. The van der Waals surface area contributed by atoms with Gasteiger partial charge in [-0.05, 0) is 37.7 Å². The molecule has 100 valence electrons. The van der Waals surface area contributed by atoms with Crippen LogP contribution in [0.4, 0.5) is 11.4 Å². The maximum absolute atomic E-state index is 6.10. The molecule has 1 unspecified atom stereocenters. The van der Waals surface area contributed by atoms with Gasteiger partial charge in [0.15, 0.2) is 0 Å². The van der Waals surface area contributed by atoms with Gasteiger partial charge in [0.05, 0.1) is 11.4 Å². The largest absolute Gasteiger partial charge is 0.397 e. The molecule has 0 amide bonds. The minimum absolute atomic E-state index is 0.669. The number of nitrogens with two attached hydrogens (primary N) is 1. The Balaban J connectivity index is 2.08. The lowest BCUT2D eigenvalue weighted by Gasteiger charge is -2.27. The zero-order chi connectivity index (χ0) is 13.1. The lowest BCUT2D eigenvalue weighted by atomic mass is 10.2. The number of hydrogen-bond donors (Lipinski definition) is 1. The molecule has 1 heterocycles. The predicted octanol–water partition coefficient (Wildman–Crippen LogP) is 2.95. The summed E-state index contributed by atoms with van der Waals surface area (Å²) in [6, 6.07) is 6.84. The van der Waals surface area contributed by atoms with Crippen LogP contribution in [-0.4, -0.2) is 37.1 Å². The Morgan fingerprint density at radius 3 is 2.72 bits per heavy atom. The van der Waals surface area contributed by atoms with Crippen molar-refractivity contribution in [1.82, 2.24) is 4.90 Å². The van der Waals surface area contributed by atoms with Gasteiger partial charge in [0.2, 0.25) is 0 Å². The first kappa shape index (κ1) is 13.7. The Kier molecular flexibility index (Phi) is 4.51. The van der Waals surface area contributed by atoms with Crippen molar-refractivity contribution in [2.75, 3.05) is 36.8 Å². The summed E-state index contributed by atoms with van der Waals surface area (Å²) >= 11 is 3.46. The number of nitrogen functional groups attached to an aromatic ring is 1. The van der Waals surface area contributed by atoms with Crippen LogP contribution in [0.15, 0.2) is 22.7 Å². The van der Waals surface area contributed by atoms with Crippen molar-refractivity contribution in [3.8, 4) is 0 Å². The Hall–Kier alpha value is -0.740. The van der Waals surface area contributed by atoms with Gasteiger partial charge in [0.1, 0.15) is 0 Å². The van der Waals surface area contributed by atoms with Crippen LogP contribution in [0.3, 0.4) is 0 Å². The molecule has 0 saturated carbocycles. The molecule has 1 aromatic rings. The SMILES string of the molecule is CCN(CC)C1CCN(c2ccc(Br)cc2N)C1. The van der Waals surface area contributed by atoms with Crippen molar-refractivity contribution < 1.29 is 0 Å². The molecule has 1 aliphatic heterocycles. The van der Waals surface area contributed by atoms with Crippen LogP contribution >= 0.6 is 15.9 Å². The fourth-order valence-electron chi connectivity index (χ4n) is 2.81. The Bertz CT molecular complexity index is 404. The number of hydrogen-bond acceptors (Lipinski definition) is 3. The Labute approximate surface area is 118 Å². The molecule has 0 spiro atoms. The van der Waals surface area contributed by atoms with E-state index in [1.807, 2.05) is 6.07 Å². The maximum Gasteiger partial charge on any atom is 0.0601 e. The van der Waals surface area contributed by atoms with Gasteiger partial charge in [-0.2, -0.15) is 0 Å². The molecule has 4 heteroatoms. The van der Waals surface area contributed by atoms with E-state index < -0.39 is 0 Å². The van der Waals surface area contributed by atoms with E-state index in [9.17, 15) is 0 Å². The lowest BCUT2D eigenvalue weighted by molar-refractivity contribution is 0.232. The van der Waals surface area contributed by atoms with E-state index in [0.717, 1.165) is 36.3 Å². The standard InChI is InChI=1S/C14H22BrN3/c1-3-17(4-2)12-7-8-18(10-12)14-6-5-11(15)9-13(14)16/h5-6,9,12H,3-4,7-8,10,16H2,1-2H3. The highest BCUT2D eigenvalue weighted by Crippen LogP contribution is 2.30. The molecule has 1 aromatic carbocycles. The van der Waals surface area contributed by atoms with Crippen molar-refractivity contribution in [3.63, 3.8) is 0 Å². The number of rotatable bonds is 4. The van der Waals surface area contributed by atoms with Crippen LogP contribution < -0.4 is 10.6 Å². The smallest absolute Gasteiger partial charge is 0.0601 e. The van der Waals surface area contributed by atoms with Gasteiger partial charge in [-0.15, -0.1) is 0 Å². The molecule has 3 nitrogen and oxygen atoms in total. The Morgan fingerprint density at radius 1 is 1.39 bits per heavy atom. The molecule has 0 bridgehead atoms. The number of anilines is 2. The molecule has 2 rings (SSSR count). The average Bonchev–Trinajstić information content (AvgIpc) is 2.80. The Morgan fingerprint density at radius 2 is 2.11 bits per heavy atom. The van der Waals surface area contributed by atoms with Crippen LogP contribution in [-0.2, 0) is 0 Å². The van der Waals surface area contributed by atoms with Crippen molar-refractivity contribution in [1.29, 1.82) is 0 Å². The quantitative estimate of drug-likeness (QED) is 0.868. The molecular weight excluding hydrogens is 290 g/mol. The first-order valence-corrected chi connectivity index (χ1v) is 7.49. The summed E-state index contributed by atoms with van der Waals surface area (Å²) in [6.07, 6.45) is 1.23. The summed E-state index contributed by atoms with van der Waals surface area (Å²) in [4.78, 5) is 4.94. The van der Waals surface area contributed by atoms with Gasteiger partial charge in [-0.3, -0.25) is 4.90 Å². The summed E-state index contributed by atoms with van der Waals surface area (Å²) in [6.45, 7) is 8.93. The maximum atomic E-state index is 6.10. The van der Waals surface area contributed by atoms with Crippen LogP contribution in [0, 0.1) is 0 Å². The molecular formula is C14H22BrN3. The third-order valence-electron chi connectivity index (χ3n) is 3.82. The summed E-state index contributed by atoms with van der Waals surface area (Å²) in [5, 5.41) is 0. The van der Waals surface area contributed by atoms with Gasteiger partial charge in [0, 0.05) is 23.6 Å². The van der Waals surface area contributed by atoms with E-state index in [1.54, 1.807) is 0 Å². The number of benzene rings is 1. The highest BCUT2D eigenvalue weighted by molar-refractivity contribution is 9.10. The van der Waals surface area contributed by atoms with Gasteiger partial charge < -0.3 is 10.6 Å². The van der Waals surface area contributed by atoms with E-state index in [2.05, 4.69) is 51.7 Å². The zero-order valence-electron chi connectivity index (χ0n) is 11.2. The summed E-state index contributed by atoms with van der Waals surface area (Å²) in [5.41, 5.74) is 8.14. The molecule has 0 aliphatic carbocycles. The highest BCUT2D eigenvalue weighted by Gasteiger charge is 2.27. The van der Waals surface area contributed by atoms with Crippen molar-refractivity contribution >= 4 is 27.3 Å². The minimum Gasteiger partial charge on any atom is -0.397 e. The normalized spacial score (nSPS) is 19.8. The van der Waals surface area contributed by atoms with E-state index >= 15 is 0 Å². The van der Waals surface area contributed by atoms with E-state index in [4.69, 9.17) is 5.73 Å². The third-order valence-corrected chi connectivity index (χ3v) is 4.32. The van der Waals surface area contributed by atoms with E-state index in [-0.39, 0.29) is 0 Å². The molecule has 2 N–H and O–H groups in total. The molecule has 0 radical (unpaired) electrons. The topological polar surface area (TPSA) is 32.5 Å².